The Kier molecular flexibility index (Phi) is 5.70. The maximum Gasteiger partial charge on any atom is 0.0209 e. The standard InChI is InChI=1S/C32H38/c1-30(2,3)23-14-16-25-26-17-15-24(31(4,5)6)21-28(26)29(27(25)20-23)32(18-10-7-11-19-32)22-12-8-9-13-22/h8-9,12-17,20-21H,7,10-11,18-19H2,1-6H3. The topological polar surface area (TPSA) is 0 Å². The molecule has 0 aromatic carbocycles. The minimum Gasteiger partial charge on any atom is -0.0752 e. The first-order valence-corrected chi connectivity index (χ1v) is 12.5. The molecular weight excluding hydrogens is 384 g/mol. The first-order chi connectivity index (χ1) is 15.1. The fourth-order valence-corrected chi connectivity index (χ4v) is 6.10. The minimum absolute atomic E-state index is 0.120. The summed E-state index contributed by atoms with van der Waals surface area (Å²) in [6.45, 7) is 14.0. The lowest BCUT2D eigenvalue weighted by Crippen LogP contribution is -2.41. The van der Waals surface area contributed by atoms with Gasteiger partial charge in [-0.2, -0.15) is 0 Å². The second-order valence-corrected chi connectivity index (χ2v) is 12.2. The zero-order chi connectivity index (χ0) is 22.7. The normalized spacial score (nSPS) is 28.7. The zero-order valence-corrected chi connectivity index (χ0v) is 20.8. The maximum absolute atomic E-state index is 2.53. The van der Waals surface area contributed by atoms with Crippen molar-refractivity contribution in [1.82, 2.24) is 0 Å². The Labute approximate surface area is 198 Å². The quantitative estimate of drug-likeness (QED) is 0.420. The van der Waals surface area contributed by atoms with E-state index in [1.54, 1.807) is 5.92 Å². The van der Waals surface area contributed by atoms with Crippen LogP contribution in [0.2, 0.25) is 0 Å². The molecule has 0 aliphatic heterocycles. The van der Waals surface area contributed by atoms with Crippen LogP contribution in [0.1, 0.15) is 73.6 Å². The maximum atomic E-state index is 2.53. The van der Waals surface area contributed by atoms with Crippen molar-refractivity contribution in [3.8, 4) is 0 Å². The van der Waals surface area contributed by atoms with Crippen LogP contribution >= 0.6 is 0 Å². The number of hydrogen-bond acceptors (Lipinski definition) is 0. The Morgan fingerprint density at radius 2 is 1.06 bits per heavy atom. The van der Waals surface area contributed by atoms with Crippen LogP contribution in [0.4, 0.5) is 0 Å². The van der Waals surface area contributed by atoms with Gasteiger partial charge in [-0.3, -0.25) is 0 Å². The van der Waals surface area contributed by atoms with Crippen LogP contribution in [-0.2, 0) is 0 Å². The molecule has 0 bridgehead atoms. The molecule has 0 aromatic heterocycles. The number of rotatable bonds is 2. The molecule has 5 aliphatic carbocycles. The van der Waals surface area contributed by atoms with Crippen LogP contribution in [0.15, 0.2) is 47.6 Å². The molecule has 0 atom stereocenters. The Balaban J connectivity index is 1.64. The third-order valence-electron chi connectivity index (χ3n) is 8.00. The minimum atomic E-state index is 0.120. The van der Waals surface area contributed by atoms with E-state index in [-0.39, 0.29) is 16.2 Å². The predicted molar refractivity (Wildman–Crippen MR) is 136 cm³/mol. The van der Waals surface area contributed by atoms with Gasteiger partial charge in [0, 0.05) is 29.6 Å². The first kappa shape index (κ1) is 22.7. The molecule has 5 rings (SSSR count). The van der Waals surface area contributed by atoms with Gasteiger partial charge < -0.3 is 0 Å². The lowest BCUT2D eigenvalue weighted by molar-refractivity contribution is 0.239. The van der Waals surface area contributed by atoms with Crippen LogP contribution in [0, 0.1) is 77.4 Å². The highest BCUT2D eigenvalue weighted by atomic mass is 14.6. The fraction of sp³-hybridized carbons (Fsp3) is 0.438. The second kappa shape index (κ2) is 8.02. The number of hydrogen-bond donors (Lipinski definition) is 0. The Bertz CT molecular complexity index is 768. The molecule has 0 aromatic rings. The Morgan fingerprint density at radius 3 is 1.50 bits per heavy atom. The molecule has 166 valence electrons. The Morgan fingerprint density at radius 1 is 0.594 bits per heavy atom. The van der Waals surface area contributed by atoms with Gasteiger partial charge in [-0.1, -0.05) is 97.3 Å². The number of allylic oxidation sites excluding steroid dienone is 8. The van der Waals surface area contributed by atoms with Crippen molar-refractivity contribution in [3.05, 3.63) is 109 Å². The molecule has 32 heavy (non-hydrogen) atoms. The molecular formula is C32H38. The van der Waals surface area contributed by atoms with Crippen molar-refractivity contribution in [3.63, 3.8) is 0 Å². The van der Waals surface area contributed by atoms with Crippen LogP contribution in [-0.4, -0.2) is 0 Å². The highest BCUT2D eigenvalue weighted by Gasteiger charge is 2.61. The van der Waals surface area contributed by atoms with E-state index in [9.17, 15) is 0 Å². The summed E-state index contributed by atoms with van der Waals surface area (Å²) in [6.07, 6.45) is 30.3. The summed E-state index contributed by atoms with van der Waals surface area (Å²) in [5, 5.41) is 0. The monoisotopic (exact) mass is 422 g/mol. The van der Waals surface area contributed by atoms with Crippen molar-refractivity contribution in [2.45, 2.75) is 73.6 Å². The predicted octanol–water partition coefficient (Wildman–Crippen LogP) is 8.31. The van der Waals surface area contributed by atoms with Gasteiger partial charge in [0.2, 0.25) is 0 Å². The molecule has 0 N–H and O–H groups in total. The van der Waals surface area contributed by atoms with Crippen LogP contribution in [0.3, 0.4) is 0 Å². The molecule has 3 saturated carbocycles. The van der Waals surface area contributed by atoms with E-state index in [0.29, 0.717) is 0 Å². The summed E-state index contributed by atoms with van der Waals surface area (Å²) < 4.78 is 0. The average Bonchev–Trinajstić information content (AvgIpc) is 3.39. The lowest BCUT2D eigenvalue weighted by atomic mass is 9.53. The van der Waals surface area contributed by atoms with Crippen molar-refractivity contribution >= 4 is 0 Å². The summed E-state index contributed by atoms with van der Waals surface area (Å²) in [6, 6.07) is 0. The molecule has 10 radical (unpaired) electrons. The first-order valence-electron chi connectivity index (χ1n) is 12.5. The van der Waals surface area contributed by atoms with Crippen LogP contribution < -0.4 is 0 Å². The molecule has 0 heteroatoms. The molecule has 3 fully saturated rings. The smallest absolute Gasteiger partial charge is 0.0209 e. The van der Waals surface area contributed by atoms with Crippen LogP contribution in [0.25, 0.3) is 0 Å². The highest BCUT2D eigenvalue weighted by Crippen LogP contribution is 2.70. The summed E-state index contributed by atoms with van der Waals surface area (Å²) >= 11 is 0. The summed E-state index contributed by atoms with van der Waals surface area (Å²) in [5.41, 5.74) is 3.28. The average molecular weight is 423 g/mol. The van der Waals surface area contributed by atoms with Crippen molar-refractivity contribution < 1.29 is 0 Å². The molecule has 5 aliphatic rings. The SMILES string of the molecule is CC(C)(C)C1=C[C]2[C](C=C1)[C]1C=CC(C(C)(C)C)=C[C]1[C]2C1([C]2[CH][CH][CH][CH]2)CCCCC1. The van der Waals surface area contributed by atoms with Gasteiger partial charge >= 0.3 is 0 Å². The van der Waals surface area contributed by atoms with E-state index in [0.717, 1.165) is 0 Å². The largest absolute Gasteiger partial charge is 0.0752 e. The van der Waals surface area contributed by atoms with E-state index in [2.05, 4.69) is 104 Å². The van der Waals surface area contributed by atoms with E-state index in [1.165, 1.54) is 72.8 Å². The van der Waals surface area contributed by atoms with E-state index in [4.69, 9.17) is 0 Å². The number of fused-ring (bicyclic) bond motifs is 3. The van der Waals surface area contributed by atoms with E-state index in [1.807, 2.05) is 0 Å². The van der Waals surface area contributed by atoms with Gasteiger partial charge in [0.1, 0.15) is 0 Å². The van der Waals surface area contributed by atoms with Crippen molar-refractivity contribution in [2.24, 2.45) is 16.2 Å². The summed E-state index contributed by atoms with van der Waals surface area (Å²) in [7, 11) is 0. The van der Waals surface area contributed by atoms with Crippen molar-refractivity contribution in [1.29, 1.82) is 0 Å². The fourth-order valence-electron chi connectivity index (χ4n) is 6.10. The van der Waals surface area contributed by atoms with Crippen molar-refractivity contribution in [2.75, 3.05) is 0 Å². The van der Waals surface area contributed by atoms with E-state index >= 15 is 0 Å². The van der Waals surface area contributed by atoms with Gasteiger partial charge in [-0.25, -0.2) is 0 Å². The third-order valence-corrected chi connectivity index (χ3v) is 8.00. The Hall–Kier alpha value is -1.04. The summed E-state index contributed by atoms with van der Waals surface area (Å²) in [4.78, 5) is 0. The van der Waals surface area contributed by atoms with Gasteiger partial charge in [-0.05, 0) is 71.8 Å². The van der Waals surface area contributed by atoms with Gasteiger partial charge in [0.05, 0.1) is 0 Å². The molecule has 0 nitrogen and oxygen atoms in total. The zero-order valence-electron chi connectivity index (χ0n) is 20.8. The highest BCUT2D eigenvalue weighted by molar-refractivity contribution is 5.80. The lowest BCUT2D eigenvalue weighted by Gasteiger charge is -2.50. The molecule has 0 saturated heterocycles. The van der Waals surface area contributed by atoms with Gasteiger partial charge in [0.15, 0.2) is 0 Å². The third kappa shape index (κ3) is 3.73. The molecule has 0 spiro atoms. The molecule has 0 heterocycles. The van der Waals surface area contributed by atoms with Gasteiger partial charge in [-0.15, -0.1) is 0 Å². The summed E-state index contributed by atoms with van der Waals surface area (Å²) in [5.74, 6) is 8.96. The van der Waals surface area contributed by atoms with Crippen LogP contribution in [0.5, 0.6) is 0 Å². The molecule has 0 amide bonds. The van der Waals surface area contributed by atoms with E-state index < -0.39 is 0 Å². The van der Waals surface area contributed by atoms with Gasteiger partial charge in [0.25, 0.3) is 0 Å². The second-order valence-electron chi connectivity index (χ2n) is 12.2. The molecule has 0 unspecified atom stereocenters.